The van der Waals surface area contributed by atoms with Crippen molar-refractivity contribution in [3.05, 3.63) is 102 Å². The second kappa shape index (κ2) is 12.5. The van der Waals surface area contributed by atoms with Crippen molar-refractivity contribution in [1.82, 2.24) is 0 Å². The molecule has 37 heavy (non-hydrogen) atoms. The normalized spacial score (nSPS) is 11.0. The number of benzene rings is 4. The Morgan fingerprint density at radius 1 is 0.784 bits per heavy atom. The van der Waals surface area contributed by atoms with Gasteiger partial charge in [0.2, 0.25) is 0 Å². The molecular weight excluding hydrogens is 456 g/mol. The SMILES string of the molecule is C=C(C)C(=O)COc1cc(CCO)ccc1-c1ccc2cc(-c3ccc(CCCCC)cc3)ccc2c1. The number of hydrogen-bond donors (Lipinski definition) is 1. The molecule has 0 spiro atoms. The maximum absolute atomic E-state index is 12.1. The van der Waals surface area contributed by atoms with Gasteiger partial charge in [-0.25, -0.2) is 0 Å². The Morgan fingerprint density at radius 2 is 1.43 bits per heavy atom. The van der Waals surface area contributed by atoms with Crippen molar-refractivity contribution in [1.29, 1.82) is 0 Å². The van der Waals surface area contributed by atoms with E-state index < -0.39 is 0 Å². The summed E-state index contributed by atoms with van der Waals surface area (Å²) in [5.74, 6) is 0.508. The zero-order chi connectivity index (χ0) is 26.2. The molecule has 4 aromatic rings. The fourth-order valence-corrected chi connectivity index (χ4v) is 4.51. The van der Waals surface area contributed by atoms with E-state index in [9.17, 15) is 9.90 Å². The van der Waals surface area contributed by atoms with Gasteiger partial charge in [-0.1, -0.05) is 87.0 Å². The van der Waals surface area contributed by atoms with E-state index in [0.29, 0.717) is 17.7 Å². The van der Waals surface area contributed by atoms with Crippen molar-refractivity contribution in [2.45, 2.75) is 46.0 Å². The third-order valence-corrected chi connectivity index (χ3v) is 6.79. The molecule has 190 valence electrons. The Bertz CT molecular complexity index is 1380. The Balaban J connectivity index is 1.60. The summed E-state index contributed by atoms with van der Waals surface area (Å²) in [6, 6.07) is 27.8. The molecule has 0 aromatic heterocycles. The summed E-state index contributed by atoms with van der Waals surface area (Å²) < 4.78 is 5.94. The Kier molecular flexibility index (Phi) is 8.92. The molecule has 0 saturated heterocycles. The number of rotatable bonds is 12. The second-order valence-electron chi connectivity index (χ2n) is 9.73. The Hall–Kier alpha value is -3.69. The highest BCUT2D eigenvalue weighted by Crippen LogP contribution is 2.34. The lowest BCUT2D eigenvalue weighted by atomic mass is 9.96. The first-order chi connectivity index (χ1) is 18.0. The third-order valence-electron chi connectivity index (χ3n) is 6.79. The summed E-state index contributed by atoms with van der Waals surface area (Å²) in [7, 11) is 0. The average molecular weight is 493 g/mol. The van der Waals surface area contributed by atoms with Crippen LogP contribution in [0.25, 0.3) is 33.0 Å². The first kappa shape index (κ1) is 26.4. The predicted octanol–water partition coefficient (Wildman–Crippen LogP) is 7.97. The number of ketones is 1. The maximum Gasteiger partial charge on any atom is 0.195 e. The second-order valence-corrected chi connectivity index (χ2v) is 9.73. The lowest BCUT2D eigenvalue weighted by Gasteiger charge is -2.14. The fourth-order valence-electron chi connectivity index (χ4n) is 4.51. The van der Waals surface area contributed by atoms with E-state index in [4.69, 9.17) is 4.74 Å². The number of hydrogen-bond acceptors (Lipinski definition) is 3. The molecule has 4 rings (SSSR count). The smallest absolute Gasteiger partial charge is 0.195 e. The standard InChI is InChI=1S/C34H36O3/c1-4-5-6-7-25-8-11-27(12-9-25)28-13-14-30-22-31(16-15-29(30)21-28)32-17-10-26(18-19-35)20-34(32)37-23-33(36)24(2)3/h8-17,20-22,35H,2,4-7,18-19,23H2,1,3H3. The van der Waals surface area contributed by atoms with E-state index in [1.165, 1.54) is 41.3 Å². The zero-order valence-corrected chi connectivity index (χ0v) is 21.9. The molecule has 0 aliphatic carbocycles. The summed E-state index contributed by atoms with van der Waals surface area (Å²) in [5.41, 5.74) is 7.20. The highest BCUT2D eigenvalue weighted by atomic mass is 16.5. The maximum atomic E-state index is 12.1. The minimum atomic E-state index is -0.126. The van der Waals surface area contributed by atoms with E-state index in [-0.39, 0.29) is 19.0 Å². The van der Waals surface area contributed by atoms with Crippen LogP contribution in [-0.4, -0.2) is 24.1 Å². The summed E-state index contributed by atoms with van der Waals surface area (Å²) in [5, 5.41) is 11.7. The molecule has 1 N–H and O–H groups in total. The summed E-state index contributed by atoms with van der Waals surface area (Å²) in [6.07, 6.45) is 5.44. The minimum Gasteiger partial charge on any atom is -0.485 e. The van der Waals surface area contributed by atoms with Crippen molar-refractivity contribution < 1.29 is 14.6 Å². The molecule has 0 heterocycles. The number of aliphatic hydroxyl groups is 1. The third kappa shape index (κ3) is 6.75. The highest BCUT2D eigenvalue weighted by molar-refractivity contribution is 5.95. The molecule has 0 fully saturated rings. The van der Waals surface area contributed by atoms with E-state index in [2.05, 4.69) is 74.2 Å². The van der Waals surface area contributed by atoms with Crippen LogP contribution in [0.3, 0.4) is 0 Å². The topological polar surface area (TPSA) is 46.5 Å². The highest BCUT2D eigenvalue weighted by Gasteiger charge is 2.12. The molecule has 0 atom stereocenters. The van der Waals surface area contributed by atoms with Gasteiger partial charge in [0.25, 0.3) is 0 Å². The quantitative estimate of drug-likeness (QED) is 0.161. The molecule has 0 radical (unpaired) electrons. The van der Waals surface area contributed by atoms with Crippen molar-refractivity contribution in [2.24, 2.45) is 0 Å². The van der Waals surface area contributed by atoms with Gasteiger partial charge in [0, 0.05) is 12.2 Å². The van der Waals surface area contributed by atoms with Crippen molar-refractivity contribution in [3.8, 4) is 28.0 Å². The van der Waals surface area contributed by atoms with E-state index in [1.807, 2.05) is 18.2 Å². The zero-order valence-electron chi connectivity index (χ0n) is 21.9. The Morgan fingerprint density at radius 3 is 2.11 bits per heavy atom. The molecule has 0 amide bonds. The van der Waals surface area contributed by atoms with Gasteiger partial charge in [-0.3, -0.25) is 4.79 Å². The van der Waals surface area contributed by atoms with E-state index >= 15 is 0 Å². The predicted molar refractivity (Wildman–Crippen MR) is 154 cm³/mol. The minimum absolute atomic E-state index is 0.0563. The first-order valence-electron chi connectivity index (χ1n) is 13.2. The monoisotopic (exact) mass is 492 g/mol. The largest absolute Gasteiger partial charge is 0.485 e. The van der Waals surface area contributed by atoms with Gasteiger partial charge in [0.15, 0.2) is 12.4 Å². The van der Waals surface area contributed by atoms with Crippen LogP contribution >= 0.6 is 0 Å². The van der Waals surface area contributed by atoms with Crippen LogP contribution in [0, 0.1) is 0 Å². The molecule has 3 nitrogen and oxygen atoms in total. The summed E-state index contributed by atoms with van der Waals surface area (Å²) in [4.78, 5) is 12.1. The molecule has 0 bridgehead atoms. The van der Waals surface area contributed by atoms with Gasteiger partial charge >= 0.3 is 0 Å². The fraction of sp³-hybridized carbons (Fsp3) is 0.265. The van der Waals surface area contributed by atoms with Crippen LogP contribution < -0.4 is 4.74 Å². The number of fused-ring (bicyclic) bond motifs is 1. The molecule has 3 heteroatoms. The number of carbonyl (C=O) groups excluding carboxylic acids is 1. The van der Waals surface area contributed by atoms with Gasteiger partial charge < -0.3 is 9.84 Å². The van der Waals surface area contributed by atoms with E-state index in [0.717, 1.165) is 28.5 Å². The number of carbonyl (C=O) groups is 1. The van der Waals surface area contributed by atoms with E-state index in [1.54, 1.807) is 6.92 Å². The van der Waals surface area contributed by atoms with Gasteiger partial charge in [0.05, 0.1) is 0 Å². The summed E-state index contributed by atoms with van der Waals surface area (Å²) >= 11 is 0. The number of unbranched alkanes of at least 4 members (excludes halogenated alkanes) is 2. The van der Waals surface area contributed by atoms with Crippen molar-refractivity contribution in [3.63, 3.8) is 0 Å². The van der Waals surface area contributed by atoms with Crippen LogP contribution in [0.1, 0.15) is 44.2 Å². The van der Waals surface area contributed by atoms with Crippen molar-refractivity contribution >= 4 is 16.6 Å². The summed E-state index contributed by atoms with van der Waals surface area (Å²) in [6.45, 7) is 7.64. The lowest BCUT2D eigenvalue weighted by Crippen LogP contribution is -2.12. The molecule has 4 aromatic carbocycles. The van der Waals surface area contributed by atoms with Gasteiger partial charge in [0.1, 0.15) is 5.75 Å². The lowest BCUT2D eigenvalue weighted by molar-refractivity contribution is -0.117. The van der Waals surface area contributed by atoms with Crippen LogP contribution in [0.5, 0.6) is 5.75 Å². The van der Waals surface area contributed by atoms with Crippen LogP contribution in [0.15, 0.2) is 91.0 Å². The van der Waals surface area contributed by atoms with Crippen molar-refractivity contribution in [2.75, 3.05) is 13.2 Å². The van der Waals surface area contributed by atoms with Gasteiger partial charge in [-0.2, -0.15) is 0 Å². The number of aliphatic hydroxyl groups excluding tert-OH is 1. The number of ether oxygens (including phenoxy) is 1. The molecule has 0 aliphatic rings. The average Bonchev–Trinajstić information content (AvgIpc) is 2.92. The first-order valence-corrected chi connectivity index (χ1v) is 13.2. The Labute approximate surface area is 220 Å². The molecular formula is C34H36O3. The number of Topliss-reactive ketones (excluding diaryl/α,β-unsaturated/α-hetero) is 1. The van der Waals surface area contributed by atoms with Crippen LogP contribution in [0.4, 0.5) is 0 Å². The van der Waals surface area contributed by atoms with Crippen LogP contribution in [0.2, 0.25) is 0 Å². The van der Waals surface area contributed by atoms with Gasteiger partial charge in [-0.05, 0) is 88.5 Å². The molecule has 0 aliphatic heterocycles. The van der Waals surface area contributed by atoms with Gasteiger partial charge in [-0.15, -0.1) is 0 Å². The number of aryl methyl sites for hydroxylation is 1. The molecule has 0 unspecified atom stereocenters. The molecule has 0 saturated carbocycles. The van der Waals surface area contributed by atoms with Crippen LogP contribution in [-0.2, 0) is 17.6 Å².